The summed E-state index contributed by atoms with van der Waals surface area (Å²) in [5.74, 6) is -0.185. The average Bonchev–Trinajstić information content (AvgIpc) is 3.11. The molecule has 0 saturated carbocycles. The van der Waals surface area contributed by atoms with Crippen molar-refractivity contribution in [2.24, 2.45) is 0 Å². The molecule has 3 rings (SSSR count). The molecule has 1 aromatic carbocycles. The Morgan fingerprint density at radius 2 is 1.84 bits per heavy atom. The Balaban J connectivity index is 1.61. The molecule has 132 valence electrons. The van der Waals surface area contributed by atoms with E-state index in [0.29, 0.717) is 12.2 Å². The molecular weight excluding hydrogens is 316 g/mol. The highest BCUT2D eigenvalue weighted by molar-refractivity contribution is 5.75. The van der Waals surface area contributed by atoms with Crippen LogP contribution in [0, 0.1) is 6.92 Å². The number of carbonyl (C=O) groups is 1. The van der Waals surface area contributed by atoms with Crippen molar-refractivity contribution in [3.8, 4) is 11.3 Å². The molecular formula is C19H24N4O2. The number of aryl methyl sites for hydroxylation is 1. The zero-order valence-electron chi connectivity index (χ0n) is 14.6. The van der Waals surface area contributed by atoms with Gasteiger partial charge in [-0.15, -0.1) is 0 Å². The van der Waals surface area contributed by atoms with Gasteiger partial charge >= 0.3 is 0 Å². The molecule has 1 aromatic heterocycles. The van der Waals surface area contributed by atoms with Gasteiger partial charge < -0.3 is 10.2 Å². The van der Waals surface area contributed by atoms with Crippen molar-refractivity contribution in [3.63, 3.8) is 0 Å². The molecule has 6 heteroatoms. The third kappa shape index (κ3) is 4.76. The van der Waals surface area contributed by atoms with Gasteiger partial charge in [0, 0.05) is 24.7 Å². The predicted molar refractivity (Wildman–Crippen MR) is 97.4 cm³/mol. The Kier molecular flexibility index (Phi) is 5.60. The zero-order valence-corrected chi connectivity index (χ0v) is 14.6. The normalized spacial score (nSPS) is 14.6. The highest BCUT2D eigenvalue weighted by atomic mass is 16.2. The number of hydrogen-bond acceptors (Lipinski definition) is 4. The first-order valence-corrected chi connectivity index (χ1v) is 8.76. The third-order valence-corrected chi connectivity index (χ3v) is 4.46. The van der Waals surface area contributed by atoms with Crippen LogP contribution in [-0.4, -0.2) is 46.8 Å². The lowest BCUT2D eigenvalue weighted by Crippen LogP contribution is -2.37. The predicted octanol–water partition coefficient (Wildman–Crippen LogP) is 1.43. The minimum Gasteiger partial charge on any atom is -0.353 e. The van der Waals surface area contributed by atoms with Crippen molar-refractivity contribution in [1.29, 1.82) is 0 Å². The maximum Gasteiger partial charge on any atom is 0.267 e. The fourth-order valence-electron chi connectivity index (χ4n) is 2.99. The van der Waals surface area contributed by atoms with Gasteiger partial charge in [0.2, 0.25) is 5.91 Å². The van der Waals surface area contributed by atoms with E-state index in [-0.39, 0.29) is 18.0 Å². The van der Waals surface area contributed by atoms with E-state index in [1.165, 1.54) is 23.6 Å². The van der Waals surface area contributed by atoms with Gasteiger partial charge in [0.15, 0.2) is 0 Å². The lowest BCUT2D eigenvalue weighted by Gasteiger charge is -2.14. The summed E-state index contributed by atoms with van der Waals surface area (Å²) in [4.78, 5) is 26.4. The van der Waals surface area contributed by atoms with Crippen LogP contribution in [0.3, 0.4) is 0 Å². The second-order valence-corrected chi connectivity index (χ2v) is 6.48. The largest absolute Gasteiger partial charge is 0.353 e. The van der Waals surface area contributed by atoms with E-state index in [1.807, 2.05) is 31.2 Å². The molecule has 1 aliphatic rings. The second-order valence-electron chi connectivity index (χ2n) is 6.48. The van der Waals surface area contributed by atoms with Gasteiger partial charge in [-0.25, -0.2) is 4.68 Å². The molecule has 1 fully saturated rings. The molecule has 0 bridgehead atoms. The summed E-state index contributed by atoms with van der Waals surface area (Å²) >= 11 is 0. The number of likely N-dealkylation sites (tertiary alicyclic amines) is 1. The summed E-state index contributed by atoms with van der Waals surface area (Å²) in [7, 11) is 0. The number of rotatable bonds is 6. The number of amides is 1. The number of carbonyl (C=O) groups excluding carboxylic acids is 1. The first kappa shape index (κ1) is 17.4. The highest BCUT2D eigenvalue weighted by Crippen LogP contribution is 2.15. The average molecular weight is 340 g/mol. The van der Waals surface area contributed by atoms with Crippen LogP contribution in [0.25, 0.3) is 11.3 Å². The van der Waals surface area contributed by atoms with Crippen molar-refractivity contribution >= 4 is 5.91 Å². The van der Waals surface area contributed by atoms with E-state index in [4.69, 9.17) is 0 Å². The van der Waals surface area contributed by atoms with E-state index < -0.39 is 0 Å². The molecule has 0 radical (unpaired) electrons. The van der Waals surface area contributed by atoms with E-state index in [9.17, 15) is 9.59 Å². The Hall–Kier alpha value is -2.47. The van der Waals surface area contributed by atoms with Gasteiger partial charge in [0.1, 0.15) is 6.54 Å². The number of nitrogens with zero attached hydrogens (tertiary/aromatic N) is 3. The molecule has 0 atom stereocenters. The van der Waals surface area contributed by atoms with Gasteiger partial charge in [-0.3, -0.25) is 9.59 Å². The van der Waals surface area contributed by atoms with Crippen LogP contribution < -0.4 is 10.9 Å². The number of aromatic nitrogens is 2. The van der Waals surface area contributed by atoms with Crippen molar-refractivity contribution in [2.75, 3.05) is 26.2 Å². The standard InChI is InChI=1S/C19H24N4O2/c1-15-4-6-16(7-5-15)17-8-9-19(25)23(21-17)14-18(24)20-10-13-22-11-2-3-12-22/h4-9H,2-3,10-14H2,1H3,(H,20,24). The van der Waals surface area contributed by atoms with Crippen molar-refractivity contribution in [2.45, 2.75) is 26.3 Å². The third-order valence-electron chi connectivity index (χ3n) is 4.46. The molecule has 0 spiro atoms. The number of benzene rings is 1. The van der Waals surface area contributed by atoms with Crippen LogP contribution in [0.4, 0.5) is 0 Å². The Bertz CT molecular complexity index is 777. The van der Waals surface area contributed by atoms with Gasteiger partial charge in [0.25, 0.3) is 5.56 Å². The van der Waals surface area contributed by atoms with Crippen molar-refractivity contribution < 1.29 is 4.79 Å². The molecule has 6 nitrogen and oxygen atoms in total. The molecule has 0 unspecified atom stereocenters. The number of nitrogens with one attached hydrogen (secondary N) is 1. The lowest BCUT2D eigenvalue weighted by atomic mass is 10.1. The van der Waals surface area contributed by atoms with E-state index in [1.54, 1.807) is 6.07 Å². The molecule has 2 heterocycles. The summed E-state index contributed by atoms with van der Waals surface area (Å²) in [5, 5.41) is 7.20. The molecule has 25 heavy (non-hydrogen) atoms. The second kappa shape index (κ2) is 8.07. The summed E-state index contributed by atoms with van der Waals surface area (Å²) < 4.78 is 1.22. The molecule has 0 aliphatic carbocycles. The Morgan fingerprint density at radius 3 is 2.56 bits per heavy atom. The van der Waals surface area contributed by atoms with E-state index in [2.05, 4.69) is 15.3 Å². The first-order chi connectivity index (χ1) is 12.1. The fraction of sp³-hybridized carbons (Fsp3) is 0.421. The van der Waals surface area contributed by atoms with Crippen molar-refractivity contribution in [3.05, 3.63) is 52.3 Å². The zero-order chi connectivity index (χ0) is 17.6. The van der Waals surface area contributed by atoms with E-state index >= 15 is 0 Å². The van der Waals surface area contributed by atoms with Crippen LogP contribution in [-0.2, 0) is 11.3 Å². The quantitative estimate of drug-likeness (QED) is 0.864. The van der Waals surface area contributed by atoms with Gasteiger partial charge in [-0.1, -0.05) is 29.8 Å². The van der Waals surface area contributed by atoms with Crippen LogP contribution in [0.2, 0.25) is 0 Å². The van der Waals surface area contributed by atoms with Crippen LogP contribution in [0.1, 0.15) is 18.4 Å². The molecule has 1 N–H and O–H groups in total. The fourth-order valence-corrected chi connectivity index (χ4v) is 2.99. The van der Waals surface area contributed by atoms with Crippen LogP contribution >= 0.6 is 0 Å². The highest BCUT2D eigenvalue weighted by Gasteiger charge is 2.12. The molecule has 1 saturated heterocycles. The summed E-state index contributed by atoms with van der Waals surface area (Å²) in [6.45, 7) is 5.64. The Morgan fingerprint density at radius 1 is 1.12 bits per heavy atom. The van der Waals surface area contributed by atoms with Crippen LogP contribution in [0.15, 0.2) is 41.2 Å². The minimum absolute atomic E-state index is 0.0570. The maximum atomic E-state index is 12.1. The van der Waals surface area contributed by atoms with Gasteiger partial charge in [0.05, 0.1) is 5.69 Å². The topological polar surface area (TPSA) is 67.2 Å². The number of hydrogen-bond donors (Lipinski definition) is 1. The first-order valence-electron chi connectivity index (χ1n) is 8.76. The minimum atomic E-state index is -0.273. The lowest BCUT2D eigenvalue weighted by molar-refractivity contribution is -0.121. The van der Waals surface area contributed by atoms with Crippen LogP contribution in [0.5, 0.6) is 0 Å². The summed E-state index contributed by atoms with van der Waals surface area (Å²) in [6, 6.07) is 11.1. The van der Waals surface area contributed by atoms with Gasteiger partial charge in [-0.2, -0.15) is 5.10 Å². The van der Waals surface area contributed by atoms with Gasteiger partial charge in [-0.05, 0) is 38.9 Å². The summed E-state index contributed by atoms with van der Waals surface area (Å²) in [6.07, 6.45) is 2.47. The Labute approximate surface area is 147 Å². The van der Waals surface area contributed by atoms with E-state index in [0.717, 1.165) is 30.8 Å². The van der Waals surface area contributed by atoms with Crippen molar-refractivity contribution in [1.82, 2.24) is 20.0 Å². The molecule has 1 aliphatic heterocycles. The summed E-state index contributed by atoms with van der Waals surface area (Å²) in [5.41, 5.74) is 2.50. The monoisotopic (exact) mass is 340 g/mol. The molecule has 2 aromatic rings. The maximum absolute atomic E-state index is 12.1. The smallest absolute Gasteiger partial charge is 0.267 e. The SMILES string of the molecule is Cc1ccc(-c2ccc(=O)n(CC(=O)NCCN3CCCC3)n2)cc1. The molecule has 1 amide bonds.